The zero-order chi connectivity index (χ0) is 15.9. The third kappa shape index (κ3) is 2.74. The highest BCUT2D eigenvalue weighted by Gasteiger charge is 2.42. The number of benzene rings is 1. The van der Waals surface area contributed by atoms with Crippen molar-refractivity contribution in [3.63, 3.8) is 0 Å². The molecular formula is C18H20ClNO3. The van der Waals surface area contributed by atoms with Gasteiger partial charge in [-0.05, 0) is 56.2 Å². The van der Waals surface area contributed by atoms with Crippen LogP contribution in [0.5, 0.6) is 0 Å². The highest BCUT2D eigenvalue weighted by atomic mass is 35.5. The van der Waals surface area contributed by atoms with Crippen molar-refractivity contribution in [2.24, 2.45) is 0 Å². The van der Waals surface area contributed by atoms with E-state index in [0.29, 0.717) is 17.7 Å². The van der Waals surface area contributed by atoms with Crippen molar-refractivity contribution in [3.05, 3.63) is 35.0 Å². The van der Waals surface area contributed by atoms with Crippen LogP contribution in [0.4, 0.5) is 0 Å². The number of carbonyl (C=O) groups is 1. The van der Waals surface area contributed by atoms with Crippen molar-refractivity contribution < 1.29 is 13.9 Å². The molecule has 2 heterocycles. The minimum Gasteiger partial charge on any atom is -0.444 e. The average molecular weight is 334 g/mol. The molecule has 23 heavy (non-hydrogen) atoms. The summed E-state index contributed by atoms with van der Waals surface area (Å²) in [6, 6.07) is 7.38. The van der Waals surface area contributed by atoms with Crippen molar-refractivity contribution in [3.8, 4) is 0 Å². The molecule has 2 fully saturated rings. The van der Waals surface area contributed by atoms with Gasteiger partial charge in [0.15, 0.2) is 0 Å². The topological polar surface area (TPSA) is 51.5 Å². The van der Waals surface area contributed by atoms with E-state index in [4.69, 9.17) is 20.8 Å². The van der Waals surface area contributed by atoms with Gasteiger partial charge in [0.1, 0.15) is 11.1 Å². The minimum absolute atomic E-state index is 0.102. The van der Waals surface area contributed by atoms with E-state index in [-0.39, 0.29) is 22.8 Å². The second-order valence-electron chi connectivity index (χ2n) is 6.63. The Kier molecular flexibility index (Phi) is 3.82. The van der Waals surface area contributed by atoms with E-state index in [2.05, 4.69) is 5.32 Å². The van der Waals surface area contributed by atoms with E-state index in [1.807, 2.05) is 24.3 Å². The number of rotatable bonds is 3. The Morgan fingerprint density at radius 1 is 1.26 bits per heavy atom. The predicted octanol–water partition coefficient (Wildman–Crippen LogP) is 4.31. The van der Waals surface area contributed by atoms with Crippen LogP contribution >= 0.6 is 11.6 Å². The molecule has 0 unspecified atom stereocenters. The molecule has 1 atom stereocenters. The highest BCUT2D eigenvalue weighted by molar-refractivity contribution is 6.34. The summed E-state index contributed by atoms with van der Waals surface area (Å²) in [6.07, 6.45) is 7.03. The molecule has 122 valence electrons. The molecular weight excluding hydrogens is 314 g/mol. The first-order valence-corrected chi connectivity index (χ1v) is 8.68. The van der Waals surface area contributed by atoms with Gasteiger partial charge in [-0.1, -0.05) is 18.2 Å². The molecule has 1 saturated carbocycles. The molecule has 0 radical (unpaired) electrons. The van der Waals surface area contributed by atoms with Crippen molar-refractivity contribution in [1.82, 2.24) is 5.32 Å². The van der Waals surface area contributed by atoms with Gasteiger partial charge in [0.05, 0.1) is 11.7 Å². The fourth-order valence-corrected chi connectivity index (χ4v) is 4.00. The number of halogens is 1. The molecule has 4 nitrogen and oxygen atoms in total. The summed E-state index contributed by atoms with van der Waals surface area (Å²) in [5.74, 6) is -0.197. The Bertz CT molecular complexity index is 735. The van der Waals surface area contributed by atoms with Gasteiger partial charge in [-0.2, -0.15) is 0 Å². The van der Waals surface area contributed by atoms with Gasteiger partial charge in [-0.3, -0.25) is 4.79 Å². The lowest BCUT2D eigenvalue weighted by molar-refractivity contribution is -0.166. The fraction of sp³-hybridized carbons (Fsp3) is 0.500. The van der Waals surface area contributed by atoms with Crippen LogP contribution in [0.2, 0.25) is 5.22 Å². The number of hydrogen-bond acceptors (Lipinski definition) is 3. The summed E-state index contributed by atoms with van der Waals surface area (Å²) in [6.45, 7) is 0.524. The smallest absolute Gasteiger partial charge is 0.256 e. The van der Waals surface area contributed by atoms with E-state index in [0.717, 1.165) is 31.1 Å². The van der Waals surface area contributed by atoms with Crippen molar-refractivity contribution >= 4 is 28.5 Å². The second kappa shape index (κ2) is 5.84. The number of amides is 1. The summed E-state index contributed by atoms with van der Waals surface area (Å²) < 4.78 is 11.7. The van der Waals surface area contributed by atoms with E-state index >= 15 is 0 Å². The molecule has 1 saturated heterocycles. The van der Waals surface area contributed by atoms with Crippen LogP contribution in [0.3, 0.4) is 0 Å². The molecule has 1 aromatic heterocycles. The molecule has 1 aliphatic heterocycles. The van der Waals surface area contributed by atoms with Crippen LogP contribution < -0.4 is 5.32 Å². The molecule has 2 aromatic rings. The molecule has 2 aliphatic rings. The Morgan fingerprint density at radius 2 is 2.04 bits per heavy atom. The maximum atomic E-state index is 12.5. The molecule has 1 N–H and O–H groups in total. The monoisotopic (exact) mass is 333 g/mol. The van der Waals surface area contributed by atoms with Gasteiger partial charge in [0.2, 0.25) is 5.22 Å². The standard InChI is InChI=1S/C18H20ClNO3/c19-16-15(13-6-1-2-7-14(13)22-16)17(21)20-11-12-5-3-8-18(23-12)9-4-10-18/h1-2,6-7,12H,3-5,8-11H2,(H,20,21)/t12-/m1/s1. The number of carbonyl (C=O) groups excluding carboxylic acids is 1. The highest BCUT2D eigenvalue weighted by Crippen LogP contribution is 2.44. The van der Waals surface area contributed by atoms with Crippen LogP contribution in [0.1, 0.15) is 48.9 Å². The average Bonchev–Trinajstić information content (AvgIpc) is 2.87. The lowest BCUT2D eigenvalue weighted by atomic mass is 9.74. The van der Waals surface area contributed by atoms with E-state index in [9.17, 15) is 4.79 Å². The first-order valence-electron chi connectivity index (χ1n) is 8.30. The fourth-order valence-electron chi connectivity index (χ4n) is 3.73. The van der Waals surface area contributed by atoms with Crippen LogP contribution in [0.15, 0.2) is 28.7 Å². The number of nitrogens with one attached hydrogen (secondary N) is 1. The molecule has 4 rings (SSSR count). The molecule has 0 bridgehead atoms. The van der Waals surface area contributed by atoms with Crippen LogP contribution in [0.25, 0.3) is 11.0 Å². The van der Waals surface area contributed by atoms with Gasteiger partial charge >= 0.3 is 0 Å². The maximum absolute atomic E-state index is 12.5. The summed E-state index contributed by atoms with van der Waals surface area (Å²) in [4.78, 5) is 12.5. The summed E-state index contributed by atoms with van der Waals surface area (Å²) in [7, 11) is 0. The second-order valence-corrected chi connectivity index (χ2v) is 6.97. The third-order valence-electron chi connectivity index (χ3n) is 5.11. The largest absolute Gasteiger partial charge is 0.444 e. The van der Waals surface area contributed by atoms with Crippen molar-refractivity contribution in [2.45, 2.75) is 50.2 Å². The van der Waals surface area contributed by atoms with Gasteiger partial charge in [0, 0.05) is 11.9 Å². The van der Waals surface area contributed by atoms with Crippen LogP contribution in [-0.4, -0.2) is 24.2 Å². The SMILES string of the molecule is O=C(NC[C@H]1CCCC2(CCC2)O1)c1c(Cl)oc2ccccc12. The summed E-state index contributed by atoms with van der Waals surface area (Å²) in [5.41, 5.74) is 1.15. The zero-order valence-corrected chi connectivity index (χ0v) is 13.7. The Balaban J connectivity index is 1.44. The first-order chi connectivity index (χ1) is 11.2. The Labute approximate surface area is 140 Å². The number of furan rings is 1. The van der Waals surface area contributed by atoms with Crippen LogP contribution in [-0.2, 0) is 4.74 Å². The number of ether oxygens (including phenoxy) is 1. The first kappa shape index (κ1) is 15.0. The molecule has 1 aromatic carbocycles. The predicted molar refractivity (Wildman–Crippen MR) is 88.9 cm³/mol. The lowest BCUT2D eigenvalue weighted by Gasteiger charge is -2.47. The third-order valence-corrected chi connectivity index (χ3v) is 5.38. The molecule has 1 aliphatic carbocycles. The lowest BCUT2D eigenvalue weighted by Crippen LogP contribution is -2.49. The maximum Gasteiger partial charge on any atom is 0.256 e. The number of fused-ring (bicyclic) bond motifs is 1. The Morgan fingerprint density at radius 3 is 2.83 bits per heavy atom. The van der Waals surface area contributed by atoms with Crippen molar-refractivity contribution in [2.75, 3.05) is 6.54 Å². The van der Waals surface area contributed by atoms with Gasteiger partial charge in [-0.15, -0.1) is 0 Å². The van der Waals surface area contributed by atoms with Gasteiger partial charge in [-0.25, -0.2) is 0 Å². The van der Waals surface area contributed by atoms with Crippen LogP contribution in [0, 0.1) is 0 Å². The Hall–Kier alpha value is -1.52. The minimum atomic E-state index is -0.197. The van der Waals surface area contributed by atoms with Crippen molar-refractivity contribution in [1.29, 1.82) is 0 Å². The quantitative estimate of drug-likeness (QED) is 0.910. The van der Waals surface area contributed by atoms with E-state index in [1.165, 1.54) is 12.8 Å². The number of para-hydroxylation sites is 1. The molecule has 1 spiro atoms. The molecule has 5 heteroatoms. The van der Waals surface area contributed by atoms with E-state index < -0.39 is 0 Å². The summed E-state index contributed by atoms with van der Waals surface area (Å²) in [5, 5.41) is 3.85. The number of hydrogen-bond donors (Lipinski definition) is 1. The zero-order valence-electron chi connectivity index (χ0n) is 12.9. The molecule has 1 amide bonds. The van der Waals surface area contributed by atoms with Gasteiger partial charge < -0.3 is 14.5 Å². The summed E-state index contributed by atoms with van der Waals surface area (Å²) >= 11 is 6.10. The normalized spacial score (nSPS) is 22.9. The van der Waals surface area contributed by atoms with E-state index in [1.54, 1.807) is 0 Å². The van der Waals surface area contributed by atoms with Gasteiger partial charge in [0.25, 0.3) is 5.91 Å².